The maximum atomic E-state index is 12.1. The van der Waals surface area contributed by atoms with Gasteiger partial charge in [0.25, 0.3) is 0 Å². The van der Waals surface area contributed by atoms with Gasteiger partial charge in [-0.2, -0.15) is 0 Å². The van der Waals surface area contributed by atoms with E-state index < -0.39 is 6.10 Å². The lowest BCUT2D eigenvalue weighted by Crippen LogP contribution is -2.28. The maximum Gasteiger partial charge on any atom is 0.306 e. The fraction of sp³-hybridized carbons (Fsp3) is 0.756. The first-order valence-corrected chi connectivity index (χ1v) is 19.2. The molecule has 0 radical (unpaired) electrons. The van der Waals surface area contributed by atoms with Crippen LogP contribution < -0.4 is 0 Å². The van der Waals surface area contributed by atoms with Gasteiger partial charge in [-0.1, -0.05) is 140 Å². The molecule has 1 atom stereocenters. The summed E-state index contributed by atoms with van der Waals surface area (Å²) in [4.78, 5) is 24.2. The van der Waals surface area contributed by atoms with E-state index in [1.54, 1.807) is 0 Å². The number of hydrogen-bond donors (Lipinski definition) is 1. The minimum absolute atomic E-state index is 0.0839. The van der Waals surface area contributed by atoms with Crippen molar-refractivity contribution in [3.8, 4) is 0 Å². The Bertz CT molecular complexity index is 782. The van der Waals surface area contributed by atoms with Crippen LogP contribution in [0.3, 0.4) is 0 Å². The first-order valence-electron chi connectivity index (χ1n) is 19.2. The predicted octanol–water partition coefficient (Wildman–Crippen LogP) is 11.8. The molecular formula is C41H72O5. The van der Waals surface area contributed by atoms with Crippen LogP contribution in [0.4, 0.5) is 0 Å². The van der Waals surface area contributed by atoms with Gasteiger partial charge in [0.15, 0.2) is 6.10 Å². The van der Waals surface area contributed by atoms with Gasteiger partial charge in [-0.05, 0) is 77.0 Å². The lowest BCUT2D eigenvalue weighted by molar-refractivity contribution is -0.161. The molecule has 0 unspecified atom stereocenters. The minimum atomic E-state index is -0.792. The number of allylic oxidation sites excluding steroid dienone is 8. The normalized spacial score (nSPS) is 12.7. The van der Waals surface area contributed by atoms with Crippen molar-refractivity contribution in [1.29, 1.82) is 0 Å². The van der Waals surface area contributed by atoms with Gasteiger partial charge in [0, 0.05) is 12.8 Å². The highest BCUT2D eigenvalue weighted by Gasteiger charge is 2.16. The Balaban J connectivity index is 3.63. The van der Waals surface area contributed by atoms with Crippen molar-refractivity contribution in [3.05, 3.63) is 48.6 Å². The summed E-state index contributed by atoms with van der Waals surface area (Å²) in [6, 6.07) is 0. The van der Waals surface area contributed by atoms with Gasteiger partial charge in [-0.15, -0.1) is 0 Å². The summed E-state index contributed by atoms with van der Waals surface area (Å²) in [6.07, 6.45) is 46.0. The highest BCUT2D eigenvalue weighted by atomic mass is 16.6. The van der Waals surface area contributed by atoms with Crippen LogP contribution in [0.2, 0.25) is 0 Å². The molecule has 0 spiro atoms. The Morgan fingerprint density at radius 1 is 0.500 bits per heavy atom. The van der Waals surface area contributed by atoms with Gasteiger partial charge in [-0.25, -0.2) is 0 Å². The molecule has 0 saturated carbocycles. The van der Waals surface area contributed by atoms with Gasteiger partial charge in [0.05, 0.1) is 6.61 Å². The third-order valence-corrected chi connectivity index (χ3v) is 8.10. The number of aliphatic hydroxyl groups excluding tert-OH is 1. The quantitative estimate of drug-likeness (QED) is 0.0429. The molecule has 0 aliphatic heterocycles. The summed E-state index contributed by atoms with van der Waals surface area (Å²) in [5.74, 6) is -0.642. The van der Waals surface area contributed by atoms with Crippen molar-refractivity contribution in [3.63, 3.8) is 0 Å². The topological polar surface area (TPSA) is 72.8 Å². The average Bonchev–Trinajstić information content (AvgIpc) is 3.06. The third-order valence-electron chi connectivity index (χ3n) is 8.10. The maximum absolute atomic E-state index is 12.1. The largest absolute Gasteiger partial charge is 0.462 e. The Morgan fingerprint density at radius 2 is 0.870 bits per heavy atom. The van der Waals surface area contributed by atoms with Crippen molar-refractivity contribution >= 4 is 11.9 Å². The Kier molecular flexibility index (Phi) is 35.6. The first-order chi connectivity index (χ1) is 22.6. The number of carbonyl (C=O) groups excluding carboxylic acids is 2. The van der Waals surface area contributed by atoms with Crippen LogP contribution in [0.5, 0.6) is 0 Å². The number of rotatable bonds is 34. The number of ether oxygens (including phenoxy) is 2. The van der Waals surface area contributed by atoms with Crippen LogP contribution in [0, 0.1) is 0 Å². The zero-order valence-electron chi connectivity index (χ0n) is 30.1. The van der Waals surface area contributed by atoms with Crippen LogP contribution in [0.15, 0.2) is 48.6 Å². The molecule has 0 aromatic heterocycles. The number of esters is 2. The second-order valence-electron chi connectivity index (χ2n) is 12.6. The van der Waals surface area contributed by atoms with Crippen molar-refractivity contribution in [2.24, 2.45) is 0 Å². The molecule has 5 nitrogen and oxygen atoms in total. The highest BCUT2D eigenvalue weighted by Crippen LogP contribution is 2.12. The van der Waals surface area contributed by atoms with Crippen molar-refractivity contribution in [2.75, 3.05) is 13.2 Å². The molecule has 0 rings (SSSR count). The molecule has 0 aromatic carbocycles. The van der Waals surface area contributed by atoms with E-state index in [0.29, 0.717) is 12.8 Å². The molecule has 46 heavy (non-hydrogen) atoms. The number of hydrogen-bond acceptors (Lipinski definition) is 5. The van der Waals surface area contributed by atoms with E-state index in [-0.39, 0.29) is 25.2 Å². The molecular weight excluding hydrogens is 572 g/mol. The van der Waals surface area contributed by atoms with E-state index in [1.807, 2.05) is 0 Å². The fourth-order valence-corrected chi connectivity index (χ4v) is 5.14. The lowest BCUT2D eigenvalue weighted by Gasteiger charge is -2.15. The second-order valence-corrected chi connectivity index (χ2v) is 12.6. The molecule has 0 aliphatic carbocycles. The van der Waals surface area contributed by atoms with Crippen LogP contribution in [0.1, 0.15) is 181 Å². The third kappa shape index (κ3) is 34.7. The minimum Gasteiger partial charge on any atom is -0.462 e. The fourth-order valence-electron chi connectivity index (χ4n) is 5.14. The smallest absolute Gasteiger partial charge is 0.306 e. The van der Waals surface area contributed by atoms with E-state index in [4.69, 9.17) is 9.47 Å². The van der Waals surface area contributed by atoms with Crippen LogP contribution in [-0.2, 0) is 19.1 Å². The molecule has 0 amide bonds. The van der Waals surface area contributed by atoms with Crippen molar-refractivity contribution in [1.82, 2.24) is 0 Å². The van der Waals surface area contributed by atoms with Gasteiger partial charge in [0.2, 0.25) is 0 Å². The van der Waals surface area contributed by atoms with Crippen LogP contribution in [-0.4, -0.2) is 36.4 Å². The van der Waals surface area contributed by atoms with E-state index in [1.165, 1.54) is 103 Å². The van der Waals surface area contributed by atoms with Gasteiger partial charge in [-0.3, -0.25) is 9.59 Å². The summed E-state index contributed by atoms with van der Waals surface area (Å²) in [5.41, 5.74) is 0. The number of carbonyl (C=O) groups is 2. The molecule has 0 saturated heterocycles. The molecule has 0 fully saturated rings. The predicted molar refractivity (Wildman–Crippen MR) is 196 cm³/mol. The molecule has 5 heteroatoms. The first kappa shape index (κ1) is 43.9. The van der Waals surface area contributed by atoms with Crippen molar-refractivity contribution < 1.29 is 24.2 Å². The number of aliphatic hydroxyl groups is 1. The van der Waals surface area contributed by atoms with Crippen LogP contribution in [0.25, 0.3) is 0 Å². The Hall–Kier alpha value is -2.14. The van der Waals surface area contributed by atoms with Gasteiger partial charge < -0.3 is 14.6 Å². The van der Waals surface area contributed by atoms with E-state index >= 15 is 0 Å². The molecule has 266 valence electrons. The molecule has 0 aliphatic rings. The van der Waals surface area contributed by atoms with Crippen molar-refractivity contribution in [2.45, 2.75) is 187 Å². The standard InChI is InChI=1S/C41H72O5/c1-3-5-7-9-11-13-15-17-19-20-22-23-25-27-29-31-33-35-40(43)45-38-39(37-42)46-41(44)36-34-32-30-28-26-24-21-18-16-14-12-10-8-6-4-2/h12,14,17-19,21,26,28,39,42H,3-11,13,15-16,20,22-25,27,29-38H2,1-2H3/b14-12-,19-17-,21-18-,28-26-/t39-/m0/s1. The zero-order valence-corrected chi connectivity index (χ0v) is 30.1. The highest BCUT2D eigenvalue weighted by molar-refractivity contribution is 5.70. The summed E-state index contributed by atoms with van der Waals surface area (Å²) in [6.45, 7) is 4.06. The average molecular weight is 645 g/mol. The summed E-state index contributed by atoms with van der Waals surface area (Å²) >= 11 is 0. The molecule has 0 bridgehead atoms. The van der Waals surface area contributed by atoms with E-state index in [0.717, 1.165) is 51.4 Å². The molecule has 1 N–H and O–H groups in total. The second kappa shape index (κ2) is 37.3. The lowest BCUT2D eigenvalue weighted by atomic mass is 10.1. The monoisotopic (exact) mass is 645 g/mol. The number of unbranched alkanes of at least 4 members (excludes halogenated alkanes) is 18. The SMILES string of the molecule is CCCCC/C=C\C/C=C\C/C=C\CCCCC(=O)O[C@@H](CO)COC(=O)CCCCCCCCC/C=C\CCCCCCCC. The zero-order chi connectivity index (χ0) is 33.6. The van der Waals surface area contributed by atoms with Gasteiger partial charge in [0.1, 0.15) is 6.61 Å². The van der Waals surface area contributed by atoms with E-state index in [2.05, 4.69) is 62.5 Å². The van der Waals surface area contributed by atoms with Crippen LogP contribution >= 0.6 is 0 Å². The molecule has 0 aromatic rings. The van der Waals surface area contributed by atoms with E-state index in [9.17, 15) is 14.7 Å². The Morgan fingerprint density at radius 3 is 1.41 bits per heavy atom. The summed E-state index contributed by atoms with van der Waals surface area (Å²) < 4.78 is 10.6. The summed E-state index contributed by atoms with van der Waals surface area (Å²) in [7, 11) is 0. The Labute approximate surface area is 284 Å². The summed E-state index contributed by atoms with van der Waals surface area (Å²) in [5, 5.41) is 9.53. The molecule has 0 heterocycles. The van der Waals surface area contributed by atoms with Gasteiger partial charge >= 0.3 is 11.9 Å².